The number of carboxylic acids is 1. The van der Waals surface area contributed by atoms with Gasteiger partial charge < -0.3 is 15.3 Å². The van der Waals surface area contributed by atoms with E-state index >= 15 is 0 Å². The molecule has 2 N–H and O–H groups in total. The van der Waals surface area contributed by atoms with Gasteiger partial charge in [-0.2, -0.15) is 0 Å². The van der Waals surface area contributed by atoms with Crippen molar-refractivity contribution < 1.29 is 19.5 Å². The van der Waals surface area contributed by atoms with Crippen molar-refractivity contribution in [3.63, 3.8) is 0 Å². The number of likely N-dealkylation sites (tertiary alicyclic amines) is 1. The van der Waals surface area contributed by atoms with Crippen molar-refractivity contribution in [2.75, 3.05) is 6.54 Å². The van der Waals surface area contributed by atoms with Crippen molar-refractivity contribution >= 4 is 17.8 Å². The maximum Gasteiger partial charge on any atom is 0.326 e. The van der Waals surface area contributed by atoms with Crippen molar-refractivity contribution in [3.8, 4) is 0 Å². The fourth-order valence-electron chi connectivity index (χ4n) is 1.82. The van der Waals surface area contributed by atoms with Gasteiger partial charge in [-0.15, -0.1) is 0 Å². The molecule has 1 aliphatic heterocycles. The van der Waals surface area contributed by atoms with Crippen LogP contribution in [-0.4, -0.2) is 46.4 Å². The number of rotatable bonds is 4. The third-order valence-corrected chi connectivity index (χ3v) is 2.88. The van der Waals surface area contributed by atoms with Gasteiger partial charge in [0, 0.05) is 13.5 Å². The Morgan fingerprint density at radius 2 is 1.94 bits per heavy atom. The van der Waals surface area contributed by atoms with E-state index in [9.17, 15) is 14.4 Å². The number of nitrogens with one attached hydrogen (secondary N) is 1. The summed E-state index contributed by atoms with van der Waals surface area (Å²) in [7, 11) is 0. The van der Waals surface area contributed by atoms with E-state index in [-0.39, 0.29) is 17.7 Å². The number of carbonyl (C=O) groups excluding carboxylic acids is 2. The minimum Gasteiger partial charge on any atom is -0.480 e. The molecule has 1 unspecified atom stereocenters. The molecule has 0 aromatic heterocycles. The average Bonchev–Trinajstić information content (AvgIpc) is 2.10. The number of carboxylic acid groups (broad SMARTS) is 1. The Morgan fingerprint density at radius 3 is 2.24 bits per heavy atom. The van der Waals surface area contributed by atoms with Crippen LogP contribution in [0.4, 0.5) is 0 Å². The molecule has 1 fully saturated rings. The minimum atomic E-state index is -0.991. The van der Waals surface area contributed by atoms with Crippen LogP contribution < -0.4 is 5.32 Å². The van der Waals surface area contributed by atoms with Gasteiger partial charge in [-0.1, -0.05) is 13.8 Å². The molecule has 0 spiro atoms. The third-order valence-electron chi connectivity index (χ3n) is 2.88. The number of aliphatic carboxylic acids is 1. The molecule has 6 nitrogen and oxygen atoms in total. The SMILES string of the molecule is CC(=O)NC(C(=O)N1CC[C@@H]1C(=O)O)C(C)C. The molecule has 1 aliphatic rings. The van der Waals surface area contributed by atoms with Gasteiger partial charge in [0.2, 0.25) is 11.8 Å². The Hall–Kier alpha value is -1.59. The zero-order valence-electron chi connectivity index (χ0n) is 10.3. The van der Waals surface area contributed by atoms with Gasteiger partial charge in [0.1, 0.15) is 12.1 Å². The quantitative estimate of drug-likeness (QED) is 0.716. The molecule has 1 heterocycles. The second kappa shape index (κ2) is 5.16. The van der Waals surface area contributed by atoms with Gasteiger partial charge >= 0.3 is 5.97 Å². The van der Waals surface area contributed by atoms with Crippen LogP contribution in [0.2, 0.25) is 0 Å². The van der Waals surface area contributed by atoms with Gasteiger partial charge in [-0.25, -0.2) is 4.79 Å². The summed E-state index contributed by atoms with van der Waals surface area (Å²) in [5, 5.41) is 11.4. The lowest BCUT2D eigenvalue weighted by atomic mass is 9.97. The van der Waals surface area contributed by atoms with Crippen LogP contribution in [0, 0.1) is 5.92 Å². The molecule has 0 bridgehead atoms. The highest BCUT2D eigenvalue weighted by Crippen LogP contribution is 2.20. The number of hydrogen-bond acceptors (Lipinski definition) is 3. The van der Waals surface area contributed by atoms with Crippen LogP contribution in [0.3, 0.4) is 0 Å². The molecule has 0 aromatic carbocycles. The average molecular weight is 242 g/mol. The van der Waals surface area contributed by atoms with Gasteiger partial charge in [0.15, 0.2) is 0 Å². The molecule has 17 heavy (non-hydrogen) atoms. The summed E-state index contributed by atoms with van der Waals surface area (Å²) < 4.78 is 0. The van der Waals surface area contributed by atoms with Gasteiger partial charge in [-0.3, -0.25) is 9.59 Å². The first kappa shape index (κ1) is 13.5. The second-order valence-electron chi connectivity index (χ2n) is 4.60. The highest BCUT2D eigenvalue weighted by Gasteiger charge is 2.41. The topological polar surface area (TPSA) is 86.7 Å². The first-order chi connectivity index (χ1) is 7.84. The molecular formula is C11H18N2O4. The molecule has 0 saturated carbocycles. The molecule has 0 aliphatic carbocycles. The normalized spacial score (nSPS) is 20.7. The van der Waals surface area contributed by atoms with E-state index in [1.165, 1.54) is 11.8 Å². The maximum atomic E-state index is 12.1. The van der Waals surface area contributed by atoms with E-state index in [0.29, 0.717) is 13.0 Å². The predicted octanol–water partition coefficient (Wildman–Crippen LogP) is -0.167. The maximum absolute atomic E-state index is 12.1. The van der Waals surface area contributed by atoms with E-state index in [1.807, 2.05) is 13.8 Å². The van der Waals surface area contributed by atoms with Crippen LogP contribution in [0.25, 0.3) is 0 Å². The lowest BCUT2D eigenvalue weighted by molar-refractivity contribution is -0.159. The van der Waals surface area contributed by atoms with Gasteiger partial charge in [0.25, 0.3) is 0 Å². The first-order valence-corrected chi connectivity index (χ1v) is 5.65. The summed E-state index contributed by atoms with van der Waals surface area (Å²) in [6.45, 7) is 5.41. The molecule has 2 atom stereocenters. The highest BCUT2D eigenvalue weighted by atomic mass is 16.4. The molecule has 2 amide bonds. The van der Waals surface area contributed by atoms with Crippen molar-refractivity contribution in [1.82, 2.24) is 10.2 Å². The number of nitrogens with zero attached hydrogens (tertiary/aromatic N) is 1. The lowest BCUT2D eigenvalue weighted by Gasteiger charge is -2.40. The van der Waals surface area contributed by atoms with E-state index in [0.717, 1.165) is 0 Å². The second-order valence-corrected chi connectivity index (χ2v) is 4.60. The Balaban J connectivity index is 2.71. The number of hydrogen-bond donors (Lipinski definition) is 2. The summed E-state index contributed by atoms with van der Waals surface area (Å²) >= 11 is 0. The summed E-state index contributed by atoms with van der Waals surface area (Å²) in [6, 6.07) is -1.38. The van der Waals surface area contributed by atoms with Crippen LogP contribution in [-0.2, 0) is 14.4 Å². The Kier molecular flexibility index (Phi) is 4.09. The van der Waals surface area contributed by atoms with Crippen molar-refractivity contribution in [2.24, 2.45) is 5.92 Å². The largest absolute Gasteiger partial charge is 0.480 e. The third kappa shape index (κ3) is 2.95. The lowest BCUT2D eigenvalue weighted by Crippen LogP contribution is -2.61. The monoisotopic (exact) mass is 242 g/mol. The Labute approximate surface area is 100.0 Å². The molecule has 96 valence electrons. The smallest absolute Gasteiger partial charge is 0.326 e. The van der Waals surface area contributed by atoms with E-state index in [4.69, 9.17) is 5.11 Å². The summed E-state index contributed by atoms with van der Waals surface area (Å²) in [6.07, 6.45) is 0.478. The fourth-order valence-corrected chi connectivity index (χ4v) is 1.82. The van der Waals surface area contributed by atoms with Crippen molar-refractivity contribution in [3.05, 3.63) is 0 Å². The van der Waals surface area contributed by atoms with Crippen molar-refractivity contribution in [1.29, 1.82) is 0 Å². The van der Waals surface area contributed by atoms with Gasteiger partial charge in [-0.05, 0) is 12.3 Å². The van der Waals surface area contributed by atoms with E-state index < -0.39 is 18.1 Å². The summed E-state index contributed by atoms with van der Waals surface area (Å²) in [4.78, 5) is 35.2. The molecule has 1 saturated heterocycles. The highest BCUT2D eigenvalue weighted by molar-refractivity contribution is 5.91. The number of amides is 2. The van der Waals surface area contributed by atoms with Crippen LogP contribution >= 0.6 is 0 Å². The van der Waals surface area contributed by atoms with Crippen LogP contribution in [0.15, 0.2) is 0 Å². The molecule has 6 heteroatoms. The van der Waals surface area contributed by atoms with Gasteiger partial charge in [0.05, 0.1) is 0 Å². The molecule has 0 aromatic rings. The zero-order chi connectivity index (χ0) is 13.2. The Bertz CT molecular complexity index is 340. The number of carbonyl (C=O) groups is 3. The van der Waals surface area contributed by atoms with E-state index in [2.05, 4.69) is 5.32 Å². The fraction of sp³-hybridized carbons (Fsp3) is 0.727. The molecule has 0 radical (unpaired) electrons. The summed E-state index contributed by atoms with van der Waals surface area (Å²) in [5.74, 6) is -1.66. The minimum absolute atomic E-state index is 0.0681. The summed E-state index contributed by atoms with van der Waals surface area (Å²) in [5.41, 5.74) is 0. The molecular weight excluding hydrogens is 224 g/mol. The standard InChI is InChI=1S/C11H18N2O4/c1-6(2)9(12-7(3)14)10(15)13-5-4-8(13)11(16)17/h6,8-9H,4-5H2,1-3H3,(H,12,14)(H,16,17)/t8-,9?/m1/s1. The van der Waals surface area contributed by atoms with E-state index in [1.54, 1.807) is 0 Å². The van der Waals surface area contributed by atoms with Crippen molar-refractivity contribution in [2.45, 2.75) is 39.3 Å². The Morgan fingerprint density at radius 1 is 1.35 bits per heavy atom. The first-order valence-electron chi connectivity index (χ1n) is 5.65. The zero-order valence-corrected chi connectivity index (χ0v) is 10.3. The van der Waals surface area contributed by atoms with Crippen LogP contribution in [0.1, 0.15) is 27.2 Å². The predicted molar refractivity (Wildman–Crippen MR) is 60.2 cm³/mol. The van der Waals surface area contributed by atoms with Crippen LogP contribution in [0.5, 0.6) is 0 Å². The molecule has 1 rings (SSSR count).